The van der Waals surface area contributed by atoms with Crippen molar-refractivity contribution in [1.29, 1.82) is 0 Å². The number of likely N-dealkylation sites (tertiary alicyclic amines) is 1. The Morgan fingerprint density at radius 3 is 2.44 bits per heavy atom. The third-order valence-electron chi connectivity index (χ3n) is 8.05. The van der Waals surface area contributed by atoms with Crippen LogP contribution in [0.15, 0.2) is 24.3 Å². The van der Waals surface area contributed by atoms with Crippen LogP contribution in [0.1, 0.15) is 42.5 Å². The van der Waals surface area contributed by atoms with E-state index in [-0.39, 0.29) is 53.9 Å². The molecule has 0 spiro atoms. The summed E-state index contributed by atoms with van der Waals surface area (Å²) in [5.74, 6) is -0.437. The van der Waals surface area contributed by atoms with Gasteiger partial charge >= 0.3 is 6.36 Å². The first-order valence-electron chi connectivity index (χ1n) is 13.7. The number of hydrogen-bond donors (Lipinski definition) is 2. The quantitative estimate of drug-likeness (QED) is 0.453. The maximum atomic E-state index is 13.3. The fourth-order valence-corrected chi connectivity index (χ4v) is 5.68. The Morgan fingerprint density at radius 1 is 1.05 bits per heavy atom. The molecule has 1 aromatic rings. The summed E-state index contributed by atoms with van der Waals surface area (Å²) in [7, 11) is 0. The summed E-state index contributed by atoms with van der Waals surface area (Å²) in [6.45, 7) is 3.53. The Morgan fingerprint density at radius 2 is 1.77 bits per heavy atom. The van der Waals surface area contributed by atoms with Crippen molar-refractivity contribution in [2.24, 2.45) is 17.8 Å². The van der Waals surface area contributed by atoms with E-state index in [1.807, 2.05) is 9.80 Å². The van der Waals surface area contributed by atoms with Gasteiger partial charge in [0.2, 0.25) is 11.8 Å². The number of amides is 2. The standard InChI is InChI=1S/C27H35F3N4O5/c28-27(29,30)39-20-5-3-18(4-6-20)25(36)19-7-10-33(11-8-19)15-24(35)34(13-17-1-2-17)14-23-31-22-9-12-38-16-21(22)26(37)32-23/h3-6,17,19,21-23,31H,1-2,7-16H2,(H,32,37). The molecule has 3 heterocycles. The van der Waals surface area contributed by atoms with Crippen LogP contribution in [0.5, 0.6) is 5.75 Å². The topological polar surface area (TPSA) is 100 Å². The van der Waals surface area contributed by atoms with Gasteiger partial charge in [0.15, 0.2) is 5.78 Å². The number of ether oxygens (including phenoxy) is 2. The minimum Gasteiger partial charge on any atom is -0.406 e. The van der Waals surface area contributed by atoms with Gasteiger partial charge in [0.1, 0.15) is 5.75 Å². The van der Waals surface area contributed by atoms with Crippen LogP contribution in [-0.4, -0.2) is 91.9 Å². The molecule has 5 rings (SSSR count). The average Bonchev–Trinajstić information content (AvgIpc) is 3.72. The first-order chi connectivity index (χ1) is 18.6. The third kappa shape index (κ3) is 7.49. The highest BCUT2D eigenvalue weighted by atomic mass is 19.4. The number of nitrogens with zero attached hydrogens (tertiary/aromatic N) is 2. The van der Waals surface area contributed by atoms with Crippen molar-refractivity contribution in [3.8, 4) is 5.75 Å². The van der Waals surface area contributed by atoms with Crippen LogP contribution < -0.4 is 15.4 Å². The van der Waals surface area contributed by atoms with E-state index in [4.69, 9.17) is 4.74 Å². The Bertz CT molecular complexity index is 1040. The fourth-order valence-electron chi connectivity index (χ4n) is 5.68. The van der Waals surface area contributed by atoms with E-state index >= 15 is 0 Å². The van der Waals surface area contributed by atoms with Crippen LogP contribution in [0.3, 0.4) is 0 Å². The van der Waals surface area contributed by atoms with Crippen molar-refractivity contribution in [3.63, 3.8) is 0 Å². The monoisotopic (exact) mass is 552 g/mol. The predicted octanol–water partition coefficient (Wildman–Crippen LogP) is 2.17. The third-order valence-corrected chi connectivity index (χ3v) is 8.05. The number of carbonyl (C=O) groups excluding carboxylic acids is 3. The fraction of sp³-hybridized carbons (Fsp3) is 0.667. The first kappa shape index (κ1) is 27.9. The number of rotatable bonds is 9. The smallest absolute Gasteiger partial charge is 0.406 e. The molecule has 3 atom stereocenters. The Kier molecular flexibility index (Phi) is 8.43. The summed E-state index contributed by atoms with van der Waals surface area (Å²) in [6.07, 6.45) is -0.957. The van der Waals surface area contributed by atoms with Crippen LogP contribution in [-0.2, 0) is 14.3 Å². The molecule has 1 saturated carbocycles. The molecule has 2 N–H and O–H groups in total. The van der Waals surface area contributed by atoms with Crippen molar-refractivity contribution >= 4 is 17.6 Å². The SMILES string of the molecule is O=C(c1ccc(OC(F)(F)F)cc1)C1CCN(CC(=O)N(CC2CC2)CC2NC(=O)C3COCCC3N2)CC1. The molecule has 1 aromatic carbocycles. The molecule has 3 saturated heterocycles. The molecule has 12 heteroatoms. The molecule has 0 bridgehead atoms. The van der Waals surface area contributed by atoms with E-state index in [0.29, 0.717) is 63.7 Å². The van der Waals surface area contributed by atoms with E-state index < -0.39 is 6.36 Å². The van der Waals surface area contributed by atoms with Gasteiger partial charge in [-0.15, -0.1) is 13.2 Å². The summed E-state index contributed by atoms with van der Waals surface area (Å²) in [5.41, 5.74) is 0.350. The molecule has 2 amide bonds. The first-order valence-corrected chi connectivity index (χ1v) is 13.7. The highest BCUT2D eigenvalue weighted by Crippen LogP contribution is 2.30. The Labute approximate surface area is 225 Å². The van der Waals surface area contributed by atoms with E-state index in [0.717, 1.165) is 31.4 Å². The number of halogens is 3. The molecule has 3 aliphatic heterocycles. The molecule has 214 valence electrons. The average molecular weight is 553 g/mol. The van der Waals surface area contributed by atoms with Crippen LogP contribution in [0.4, 0.5) is 13.2 Å². The second kappa shape index (κ2) is 11.8. The maximum absolute atomic E-state index is 13.3. The highest BCUT2D eigenvalue weighted by molar-refractivity contribution is 5.98. The lowest BCUT2D eigenvalue weighted by Gasteiger charge is -2.41. The number of benzene rings is 1. The number of piperidine rings is 1. The number of carbonyl (C=O) groups is 3. The number of Topliss-reactive ketones (excluding diaryl/α,β-unsaturated/α-hetero) is 1. The Hall–Kier alpha value is -2.70. The lowest BCUT2D eigenvalue weighted by atomic mass is 9.89. The largest absolute Gasteiger partial charge is 0.573 e. The number of alkyl halides is 3. The van der Waals surface area contributed by atoms with Gasteiger partial charge in [-0.05, 0) is 75.4 Å². The summed E-state index contributed by atoms with van der Waals surface area (Å²) in [4.78, 5) is 42.7. The van der Waals surface area contributed by atoms with Crippen molar-refractivity contribution in [1.82, 2.24) is 20.4 Å². The zero-order chi connectivity index (χ0) is 27.6. The number of hydrogen-bond acceptors (Lipinski definition) is 7. The van der Waals surface area contributed by atoms with Gasteiger partial charge < -0.3 is 19.7 Å². The molecule has 4 aliphatic rings. The normalized spacial score (nSPS) is 26.4. The maximum Gasteiger partial charge on any atom is 0.573 e. The summed E-state index contributed by atoms with van der Waals surface area (Å²) in [6, 6.07) is 5.06. The number of fused-ring (bicyclic) bond motifs is 1. The lowest BCUT2D eigenvalue weighted by Crippen LogP contribution is -2.66. The van der Waals surface area contributed by atoms with Gasteiger partial charge in [0.25, 0.3) is 0 Å². The second-order valence-electron chi connectivity index (χ2n) is 11.0. The van der Waals surface area contributed by atoms with Crippen molar-refractivity contribution < 1.29 is 37.0 Å². The number of ketones is 1. The van der Waals surface area contributed by atoms with E-state index in [9.17, 15) is 27.6 Å². The van der Waals surface area contributed by atoms with Crippen molar-refractivity contribution in [2.45, 2.75) is 50.7 Å². The van der Waals surface area contributed by atoms with Gasteiger partial charge in [-0.1, -0.05) is 0 Å². The van der Waals surface area contributed by atoms with Gasteiger partial charge in [-0.25, -0.2) is 0 Å². The lowest BCUT2D eigenvalue weighted by molar-refractivity contribution is -0.274. The van der Waals surface area contributed by atoms with Gasteiger partial charge in [-0.2, -0.15) is 0 Å². The van der Waals surface area contributed by atoms with Gasteiger partial charge in [0, 0.05) is 30.7 Å². The van der Waals surface area contributed by atoms with Crippen LogP contribution in [0, 0.1) is 17.8 Å². The van der Waals surface area contributed by atoms with E-state index in [1.54, 1.807) is 0 Å². The predicted molar refractivity (Wildman–Crippen MR) is 134 cm³/mol. The zero-order valence-corrected chi connectivity index (χ0v) is 21.8. The summed E-state index contributed by atoms with van der Waals surface area (Å²) >= 11 is 0. The molecule has 0 radical (unpaired) electrons. The van der Waals surface area contributed by atoms with Crippen molar-refractivity contribution in [2.75, 3.05) is 45.9 Å². The molecular weight excluding hydrogens is 517 g/mol. The molecular formula is C27H35F3N4O5. The second-order valence-corrected chi connectivity index (χ2v) is 11.0. The summed E-state index contributed by atoms with van der Waals surface area (Å²) in [5, 5.41) is 6.50. The molecule has 1 aliphatic carbocycles. The van der Waals surface area contributed by atoms with Crippen LogP contribution in [0.25, 0.3) is 0 Å². The minimum atomic E-state index is -4.78. The minimum absolute atomic E-state index is 0.0112. The highest BCUT2D eigenvalue weighted by Gasteiger charge is 2.40. The zero-order valence-electron chi connectivity index (χ0n) is 21.8. The van der Waals surface area contributed by atoms with Gasteiger partial charge in [-0.3, -0.25) is 24.6 Å². The van der Waals surface area contributed by atoms with Crippen LogP contribution in [0.2, 0.25) is 0 Å². The Balaban J connectivity index is 1.11. The molecule has 0 aromatic heterocycles. The van der Waals surface area contributed by atoms with Gasteiger partial charge in [0.05, 0.1) is 31.8 Å². The van der Waals surface area contributed by atoms with E-state index in [1.165, 1.54) is 12.1 Å². The molecule has 39 heavy (non-hydrogen) atoms. The molecule has 9 nitrogen and oxygen atoms in total. The number of nitrogens with one attached hydrogen (secondary N) is 2. The van der Waals surface area contributed by atoms with Crippen molar-refractivity contribution in [3.05, 3.63) is 29.8 Å². The summed E-state index contributed by atoms with van der Waals surface area (Å²) < 4.78 is 46.5. The molecule has 4 fully saturated rings. The molecule has 3 unspecified atom stereocenters. The van der Waals surface area contributed by atoms with E-state index in [2.05, 4.69) is 15.4 Å². The van der Waals surface area contributed by atoms with Crippen LogP contribution >= 0.6 is 0 Å².